The molecule has 9 heteroatoms. The van der Waals surface area contributed by atoms with Gasteiger partial charge in [0, 0.05) is 17.4 Å². The summed E-state index contributed by atoms with van der Waals surface area (Å²) in [7, 11) is -0.0238. The Morgan fingerprint density at radius 1 is 1.35 bits per heavy atom. The molecule has 140 valence electrons. The molecule has 3 rings (SSSR count). The number of carbonyl (C=O) groups is 1. The molecule has 2 heterocycles. The number of sulfone groups is 1. The van der Waals surface area contributed by atoms with Gasteiger partial charge in [-0.2, -0.15) is 4.99 Å². The van der Waals surface area contributed by atoms with Gasteiger partial charge in [-0.25, -0.2) is 8.42 Å². The van der Waals surface area contributed by atoms with Crippen molar-refractivity contribution in [3.63, 3.8) is 0 Å². The maximum absolute atomic E-state index is 12.6. The zero-order chi connectivity index (χ0) is 18.9. The average Bonchev–Trinajstić information content (AvgIpc) is 3.06. The van der Waals surface area contributed by atoms with Crippen LogP contribution in [-0.4, -0.2) is 68.0 Å². The monoisotopic (exact) mass is 396 g/mol. The Morgan fingerprint density at radius 2 is 2.08 bits per heavy atom. The van der Waals surface area contributed by atoms with Crippen LogP contribution in [0.4, 0.5) is 0 Å². The zero-order valence-corrected chi connectivity index (χ0v) is 16.2. The summed E-state index contributed by atoms with van der Waals surface area (Å²) in [6.07, 6.45) is 1.68. The van der Waals surface area contributed by atoms with Crippen LogP contribution in [0.5, 0.6) is 11.5 Å². The predicted octanol–water partition coefficient (Wildman–Crippen LogP) is 1.60. The van der Waals surface area contributed by atoms with Gasteiger partial charge in [0.2, 0.25) is 0 Å². The normalized spacial score (nSPS) is 25.2. The molecule has 2 atom stereocenters. The molecule has 1 aromatic carbocycles. The molecule has 7 nitrogen and oxygen atoms in total. The summed E-state index contributed by atoms with van der Waals surface area (Å²) in [5, 5.41) is 0.437. The lowest BCUT2D eigenvalue weighted by atomic mass is 10.2. The van der Waals surface area contributed by atoms with Gasteiger partial charge in [-0.1, -0.05) is 17.8 Å². The van der Waals surface area contributed by atoms with Crippen LogP contribution in [0, 0.1) is 0 Å². The van der Waals surface area contributed by atoms with E-state index in [0.29, 0.717) is 28.8 Å². The van der Waals surface area contributed by atoms with Crippen molar-refractivity contribution >= 4 is 32.7 Å². The highest BCUT2D eigenvalue weighted by Gasteiger charge is 2.48. The quantitative estimate of drug-likeness (QED) is 0.699. The van der Waals surface area contributed by atoms with Crippen LogP contribution in [0.25, 0.3) is 0 Å². The number of benzene rings is 1. The molecule has 1 aromatic rings. The Morgan fingerprint density at radius 3 is 2.73 bits per heavy atom. The average molecular weight is 396 g/mol. The molecule has 0 N–H and O–H groups in total. The SMILES string of the molecule is C=CCN1C(=NC(=O)c2ccc(OC)c(OC)c2)S[C@@H]2CS(=O)(=O)C[C@H]21. The number of hydrogen-bond acceptors (Lipinski definition) is 6. The second-order valence-electron chi connectivity index (χ2n) is 6.01. The number of ether oxygens (including phenoxy) is 2. The Labute approximate surface area is 157 Å². The fourth-order valence-corrected chi connectivity index (χ4v) is 7.07. The number of rotatable bonds is 5. The van der Waals surface area contributed by atoms with E-state index in [2.05, 4.69) is 11.6 Å². The number of carbonyl (C=O) groups excluding carboxylic acids is 1. The van der Waals surface area contributed by atoms with E-state index in [9.17, 15) is 13.2 Å². The van der Waals surface area contributed by atoms with Crippen molar-refractivity contribution < 1.29 is 22.7 Å². The molecular formula is C17H20N2O5S2. The van der Waals surface area contributed by atoms with Crippen molar-refractivity contribution in [3.8, 4) is 11.5 Å². The summed E-state index contributed by atoms with van der Waals surface area (Å²) in [5.74, 6) is 0.760. The zero-order valence-electron chi connectivity index (χ0n) is 14.5. The maximum atomic E-state index is 12.6. The molecule has 0 bridgehead atoms. The summed E-state index contributed by atoms with van der Waals surface area (Å²) in [4.78, 5) is 18.7. The van der Waals surface area contributed by atoms with Crippen molar-refractivity contribution in [2.24, 2.45) is 4.99 Å². The van der Waals surface area contributed by atoms with Crippen molar-refractivity contribution in [1.29, 1.82) is 0 Å². The molecule has 0 unspecified atom stereocenters. The number of hydrogen-bond donors (Lipinski definition) is 0. The van der Waals surface area contributed by atoms with Gasteiger partial charge in [0.15, 0.2) is 26.5 Å². The molecule has 0 aliphatic carbocycles. The third-order valence-corrected chi connectivity index (χ3v) is 7.58. The first-order chi connectivity index (χ1) is 12.4. The molecule has 2 fully saturated rings. The second-order valence-corrected chi connectivity index (χ2v) is 9.37. The first-order valence-corrected chi connectivity index (χ1v) is 10.7. The third kappa shape index (κ3) is 3.59. The molecular weight excluding hydrogens is 376 g/mol. The minimum atomic E-state index is -3.04. The predicted molar refractivity (Wildman–Crippen MR) is 102 cm³/mol. The summed E-state index contributed by atoms with van der Waals surface area (Å²) in [6.45, 7) is 4.16. The largest absolute Gasteiger partial charge is 0.493 e. The summed E-state index contributed by atoms with van der Waals surface area (Å²) >= 11 is 1.34. The van der Waals surface area contributed by atoms with Crippen LogP contribution < -0.4 is 9.47 Å². The van der Waals surface area contributed by atoms with Gasteiger partial charge in [0.05, 0.1) is 31.8 Å². The number of aliphatic imine (C=N–C) groups is 1. The third-order valence-electron chi connectivity index (χ3n) is 4.33. The van der Waals surface area contributed by atoms with E-state index in [-0.39, 0.29) is 22.8 Å². The number of amides is 1. The number of thioether (sulfide) groups is 1. The lowest BCUT2D eigenvalue weighted by Gasteiger charge is -2.22. The molecule has 0 saturated carbocycles. The van der Waals surface area contributed by atoms with E-state index in [1.165, 1.54) is 26.0 Å². The van der Waals surface area contributed by atoms with Gasteiger partial charge < -0.3 is 14.4 Å². The van der Waals surface area contributed by atoms with Crippen LogP contribution in [0.15, 0.2) is 35.8 Å². The minimum absolute atomic E-state index is 0.0854. The van der Waals surface area contributed by atoms with Crippen LogP contribution >= 0.6 is 11.8 Å². The fraction of sp³-hybridized carbons (Fsp3) is 0.412. The van der Waals surface area contributed by atoms with Crippen LogP contribution in [0.2, 0.25) is 0 Å². The lowest BCUT2D eigenvalue weighted by Crippen LogP contribution is -2.37. The van der Waals surface area contributed by atoms with E-state index in [4.69, 9.17) is 9.47 Å². The van der Waals surface area contributed by atoms with Gasteiger partial charge in [0.1, 0.15) is 0 Å². The van der Waals surface area contributed by atoms with E-state index < -0.39 is 15.7 Å². The minimum Gasteiger partial charge on any atom is -0.493 e. The van der Waals surface area contributed by atoms with E-state index in [0.717, 1.165) is 0 Å². The number of amidine groups is 1. The second kappa shape index (κ2) is 7.32. The van der Waals surface area contributed by atoms with Crippen molar-refractivity contribution in [1.82, 2.24) is 4.90 Å². The molecule has 2 saturated heterocycles. The molecule has 1 amide bonds. The lowest BCUT2D eigenvalue weighted by molar-refractivity contribution is 0.100. The van der Waals surface area contributed by atoms with E-state index in [1.807, 2.05) is 4.90 Å². The topological polar surface area (TPSA) is 85.3 Å². The van der Waals surface area contributed by atoms with Gasteiger partial charge >= 0.3 is 0 Å². The summed E-state index contributed by atoms with van der Waals surface area (Å²) < 4.78 is 34.1. The van der Waals surface area contributed by atoms with Gasteiger partial charge in [-0.3, -0.25) is 4.79 Å². The Kier molecular flexibility index (Phi) is 5.29. The van der Waals surface area contributed by atoms with E-state index >= 15 is 0 Å². The number of methoxy groups -OCH3 is 2. The van der Waals surface area contributed by atoms with E-state index in [1.54, 1.807) is 24.3 Å². The summed E-state index contributed by atoms with van der Waals surface area (Å²) in [5.41, 5.74) is 0.374. The van der Waals surface area contributed by atoms with Crippen LogP contribution in [0.1, 0.15) is 10.4 Å². The highest BCUT2D eigenvalue weighted by atomic mass is 32.2. The molecule has 26 heavy (non-hydrogen) atoms. The van der Waals surface area contributed by atoms with Crippen molar-refractivity contribution in [3.05, 3.63) is 36.4 Å². The van der Waals surface area contributed by atoms with Gasteiger partial charge in [-0.05, 0) is 18.2 Å². The number of fused-ring (bicyclic) bond motifs is 1. The Hall–Kier alpha value is -2.00. The van der Waals surface area contributed by atoms with Crippen LogP contribution in [0.3, 0.4) is 0 Å². The van der Waals surface area contributed by atoms with Gasteiger partial charge in [-0.15, -0.1) is 6.58 Å². The highest BCUT2D eigenvalue weighted by molar-refractivity contribution is 8.15. The summed E-state index contributed by atoms with van der Waals surface area (Å²) in [6, 6.07) is 4.68. The standard InChI is InChI=1S/C17H20N2O5S2/c1-4-7-19-12-9-26(21,22)10-15(12)25-17(19)18-16(20)11-5-6-13(23-2)14(8-11)24-3/h4-6,8,12,15H,1,7,9-10H2,2-3H3/t12-,15-/m1/s1. The Bertz CT molecular complexity index is 866. The van der Waals surface area contributed by atoms with Crippen molar-refractivity contribution in [2.75, 3.05) is 32.3 Å². The number of nitrogens with zero attached hydrogens (tertiary/aromatic N) is 2. The Balaban J connectivity index is 1.87. The van der Waals surface area contributed by atoms with Gasteiger partial charge in [0.25, 0.3) is 5.91 Å². The first-order valence-electron chi connectivity index (χ1n) is 7.98. The highest BCUT2D eigenvalue weighted by Crippen LogP contribution is 2.38. The maximum Gasteiger partial charge on any atom is 0.279 e. The molecule has 0 aromatic heterocycles. The molecule has 0 spiro atoms. The smallest absolute Gasteiger partial charge is 0.279 e. The molecule has 0 radical (unpaired) electrons. The first kappa shape index (κ1) is 18.8. The molecule has 2 aliphatic rings. The van der Waals surface area contributed by atoms with Crippen molar-refractivity contribution in [2.45, 2.75) is 11.3 Å². The fourth-order valence-electron chi connectivity index (χ4n) is 3.11. The van der Waals surface area contributed by atoms with Crippen LogP contribution in [-0.2, 0) is 9.84 Å². The molecule has 2 aliphatic heterocycles.